The Morgan fingerprint density at radius 1 is 1.07 bits per heavy atom. The van der Waals surface area contributed by atoms with Gasteiger partial charge in [-0.2, -0.15) is 4.98 Å². The summed E-state index contributed by atoms with van der Waals surface area (Å²) in [5.41, 5.74) is 4.71. The maximum absolute atomic E-state index is 12.7. The zero-order chi connectivity index (χ0) is 20.6. The molecule has 8 heteroatoms. The van der Waals surface area contributed by atoms with Crippen molar-refractivity contribution >= 4 is 26.3 Å². The molecule has 6 nitrogen and oxygen atoms in total. The van der Waals surface area contributed by atoms with Crippen molar-refractivity contribution in [3.63, 3.8) is 0 Å². The first kappa shape index (κ1) is 19.8. The van der Waals surface area contributed by atoms with Gasteiger partial charge in [0.25, 0.3) is 0 Å². The number of aryl methyl sites for hydroxylation is 3. The SMILES string of the molecule is Cc1ccc(C)c(S(=O)(=O)NCCc2csc3nc(-c4ccccc4C)nn23)c1. The number of nitrogens with one attached hydrogen (secondary N) is 1. The third kappa shape index (κ3) is 3.96. The molecule has 0 unspecified atom stereocenters. The second-order valence-electron chi connectivity index (χ2n) is 7.09. The topological polar surface area (TPSA) is 76.4 Å². The van der Waals surface area contributed by atoms with Crippen molar-refractivity contribution in [2.45, 2.75) is 32.1 Å². The smallest absolute Gasteiger partial charge is 0.211 e. The van der Waals surface area contributed by atoms with Crippen LogP contribution < -0.4 is 4.72 Å². The normalized spacial score (nSPS) is 12.0. The fourth-order valence-corrected chi connectivity index (χ4v) is 5.44. The molecule has 2 aromatic heterocycles. The molecule has 0 radical (unpaired) electrons. The summed E-state index contributed by atoms with van der Waals surface area (Å²) in [6, 6.07) is 13.4. The molecule has 0 amide bonds. The highest BCUT2D eigenvalue weighted by atomic mass is 32.2. The highest BCUT2D eigenvalue weighted by Crippen LogP contribution is 2.23. The first-order valence-corrected chi connectivity index (χ1v) is 11.7. The number of sulfonamides is 1. The van der Waals surface area contributed by atoms with Gasteiger partial charge in [0.15, 0.2) is 5.82 Å². The maximum Gasteiger partial charge on any atom is 0.240 e. The fraction of sp³-hybridized carbons (Fsp3) is 0.238. The van der Waals surface area contributed by atoms with Gasteiger partial charge >= 0.3 is 0 Å². The molecule has 2 aromatic carbocycles. The van der Waals surface area contributed by atoms with Gasteiger partial charge in [-0.15, -0.1) is 16.4 Å². The van der Waals surface area contributed by atoms with Gasteiger partial charge in [-0.3, -0.25) is 0 Å². The monoisotopic (exact) mass is 426 g/mol. The number of rotatable bonds is 6. The second-order valence-corrected chi connectivity index (χ2v) is 9.66. The summed E-state index contributed by atoms with van der Waals surface area (Å²) in [4.78, 5) is 5.75. The molecule has 0 bridgehead atoms. The largest absolute Gasteiger partial charge is 0.240 e. The van der Waals surface area contributed by atoms with E-state index in [1.54, 1.807) is 17.5 Å². The zero-order valence-electron chi connectivity index (χ0n) is 16.5. The van der Waals surface area contributed by atoms with Crippen molar-refractivity contribution in [1.29, 1.82) is 0 Å². The van der Waals surface area contributed by atoms with E-state index in [9.17, 15) is 8.42 Å². The Bertz CT molecular complexity index is 1290. The van der Waals surface area contributed by atoms with Gasteiger partial charge in [0, 0.05) is 23.9 Å². The molecule has 0 saturated heterocycles. The number of nitrogens with zero attached hydrogens (tertiary/aromatic N) is 3. The Balaban J connectivity index is 1.52. The van der Waals surface area contributed by atoms with Gasteiger partial charge in [-0.25, -0.2) is 17.7 Å². The van der Waals surface area contributed by atoms with Crippen molar-refractivity contribution in [3.8, 4) is 11.4 Å². The minimum atomic E-state index is -3.56. The molecule has 1 N–H and O–H groups in total. The van der Waals surface area contributed by atoms with Crippen LogP contribution in [0.3, 0.4) is 0 Å². The minimum absolute atomic E-state index is 0.293. The Morgan fingerprint density at radius 2 is 1.86 bits per heavy atom. The van der Waals surface area contributed by atoms with Crippen LogP contribution in [0.25, 0.3) is 16.3 Å². The van der Waals surface area contributed by atoms with Crippen LogP contribution in [0, 0.1) is 20.8 Å². The first-order valence-electron chi connectivity index (χ1n) is 9.31. The summed E-state index contributed by atoms with van der Waals surface area (Å²) in [6.07, 6.45) is 0.528. The molecular weight excluding hydrogens is 404 g/mol. The molecule has 2 heterocycles. The maximum atomic E-state index is 12.7. The van der Waals surface area contributed by atoms with Gasteiger partial charge < -0.3 is 0 Å². The summed E-state index contributed by atoms with van der Waals surface area (Å²) in [5.74, 6) is 0.687. The van der Waals surface area contributed by atoms with E-state index in [1.165, 1.54) is 11.3 Å². The lowest BCUT2D eigenvalue weighted by Gasteiger charge is -2.10. The fourth-order valence-electron chi connectivity index (χ4n) is 3.22. The van der Waals surface area contributed by atoms with Crippen molar-refractivity contribution in [1.82, 2.24) is 19.3 Å². The molecule has 0 saturated carbocycles. The van der Waals surface area contributed by atoms with Crippen LogP contribution in [0.1, 0.15) is 22.4 Å². The summed E-state index contributed by atoms with van der Waals surface area (Å²) in [5, 5.41) is 6.62. The average Bonchev–Trinajstić information content (AvgIpc) is 3.25. The van der Waals surface area contributed by atoms with Gasteiger partial charge in [0.05, 0.1) is 10.6 Å². The minimum Gasteiger partial charge on any atom is -0.211 e. The number of thiazole rings is 1. The van der Waals surface area contributed by atoms with Gasteiger partial charge in [-0.1, -0.05) is 36.4 Å². The van der Waals surface area contributed by atoms with E-state index in [0.717, 1.165) is 32.9 Å². The van der Waals surface area contributed by atoms with Crippen LogP contribution in [0.15, 0.2) is 52.7 Å². The number of hydrogen-bond acceptors (Lipinski definition) is 5. The lowest BCUT2D eigenvalue weighted by molar-refractivity contribution is 0.580. The summed E-state index contributed by atoms with van der Waals surface area (Å²) < 4.78 is 29.9. The number of fused-ring (bicyclic) bond motifs is 1. The number of hydrogen-bond donors (Lipinski definition) is 1. The van der Waals surface area contributed by atoms with E-state index < -0.39 is 10.0 Å². The van der Waals surface area contributed by atoms with Gasteiger partial charge in [0.1, 0.15) is 0 Å². The van der Waals surface area contributed by atoms with E-state index in [4.69, 9.17) is 0 Å². The van der Waals surface area contributed by atoms with E-state index in [-0.39, 0.29) is 0 Å². The Labute approximate surface area is 174 Å². The third-order valence-electron chi connectivity index (χ3n) is 4.84. The highest BCUT2D eigenvalue weighted by molar-refractivity contribution is 7.89. The van der Waals surface area contributed by atoms with E-state index in [0.29, 0.717) is 23.7 Å². The molecule has 0 aliphatic carbocycles. The van der Waals surface area contributed by atoms with Crippen molar-refractivity contribution in [2.75, 3.05) is 6.54 Å². The molecule has 0 aliphatic heterocycles. The second kappa shape index (κ2) is 7.70. The number of benzene rings is 2. The standard InChI is InChI=1S/C21H22N4O2S2/c1-14-8-9-16(3)19(12-14)29(26,27)22-11-10-17-13-28-21-23-20(24-25(17)21)18-7-5-4-6-15(18)2/h4-9,12-13,22H,10-11H2,1-3H3. The lowest BCUT2D eigenvalue weighted by atomic mass is 10.1. The van der Waals surface area contributed by atoms with Gasteiger partial charge in [-0.05, 0) is 43.5 Å². The molecule has 4 aromatic rings. The summed E-state index contributed by atoms with van der Waals surface area (Å²) in [7, 11) is -3.56. The average molecular weight is 427 g/mol. The Kier molecular flexibility index (Phi) is 5.24. The van der Waals surface area contributed by atoms with Crippen LogP contribution >= 0.6 is 11.3 Å². The lowest BCUT2D eigenvalue weighted by Crippen LogP contribution is -2.27. The summed E-state index contributed by atoms with van der Waals surface area (Å²) in [6.45, 7) is 6.02. The summed E-state index contributed by atoms with van der Waals surface area (Å²) >= 11 is 1.51. The van der Waals surface area contributed by atoms with Crippen LogP contribution in [0.2, 0.25) is 0 Å². The predicted molar refractivity (Wildman–Crippen MR) is 116 cm³/mol. The zero-order valence-corrected chi connectivity index (χ0v) is 18.1. The van der Waals surface area contributed by atoms with E-state index in [2.05, 4.69) is 14.8 Å². The Morgan fingerprint density at radius 3 is 2.66 bits per heavy atom. The van der Waals surface area contributed by atoms with Crippen molar-refractivity contribution in [2.24, 2.45) is 0 Å². The molecule has 0 atom stereocenters. The third-order valence-corrected chi connectivity index (χ3v) is 7.31. The molecule has 0 spiro atoms. The molecule has 29 heavy (non-hydrogen) atoms. The quantitative estimate of drug-likeness (QED) is 0.507. The molecule has 0 aliphatic rings. The molecule has 0 fully saturated rings. The number of aromatic nitrogens is 3. The predicted octanol–water partition coefficient (Wildman–Crippen LogP) is 3.90. The molecule has 4 rings (SSSR count). The Hall–Kier alpha value is -2.55. The van der Waals surface area contributed by atoms with Crippen molar-refractivity contribution in [3.05, 3.63) is 70.2 Å². The molecule has 150 valence electrons. The molecular formula is C21H22N4O2S2. The van der Waals surface area contributed by atoms with E-state index in [1.807, 2.05) is 55.6 Å². The van der Waals surface area contributed by atoms with Crippen LogP contribution in [0.4, 0.5) is 0 Å². The van der Waals surface area contributed by atoms with Crippen LogP contribution in [0.5, 0.6) is 0 Å². The van der Waals surface area contributed by atoms with Crippen LogP contribution in [-0.4, -0.2) is 29.6 Å². The van der Waals surface area contributed by atoms with Gasteiger partial charge in [0.2, 0.25) is 15.0 Å². The highest BCUT2D eigenvalue weighted by Gasteiger charge is 2.17. The van der Waals surface area contributed by atoms with Crippen molar-refractivity contribution < 1.29 is 8.42 Å². The van der Waals surface area contributed by atoms with Crippen LogP contribution in [-0.2, 0) is 16.4 Å². The first-order chi connectivity index (χ1) is 13.8. The van der Waals surface area contributed by atoms with E-state index >= 15 is 0 Å².